The number of H-pyrrole nitrogens is 1. The van der Waals surface area contributed by atoms with Crippen molar-refractivity contribution in [2.24, 2.45) is 0 Å². The maximum atomic E-state index is 9.61. The summed E-state index contributed by atoms with van der Waals surface area (Å²) < 4.78 is 0. The molecular weight excluding hydrogens is 454 g/mol. The second-order valence-electron chi connectivity index (χ2n) is 11.1. The van der Waals surface area contributed by atoms with Crippen molar-refractivity contribution in [3.05, 3.63) is 70.8 Å². The lowest BCUT2D eigenvalue weighted by atomic mass is 9.81. The number of nitriles is 1. The van der Waals surface area contributed by atoms with E-state index < -0.39 is 0 Å². The molecule has 1 saturated heterocycles. The number of aryl methyl sites for hydroxylation is 1. The Labute approximate surface area is 219 Å². The van der Waals surface area contributed by atoms with Gasteiger partial charge in [0.2, 0.25) is 0 Å². The highest BCUT2D eigenvalue weighted by Crippen LogP contribution is 2.40. The van der Waals surface area contributed by atoms with E-state index in [9.17, 15) is 5.26 Å². The summed E-state index contributed by atoms with van der Waals surface area (Å²) in [5.74, 6) is -0.0115. The summed E-state index contributed by atoms with van der Waals surface area (Å²) in [6.07, 6.45) is 5.13. The van der Waals surface area contributed by atoms with Gasteiger partial charge in [0, 0.05) is 23.1 Å². The fraction of sp³-hybridized carbons (Fsp3) is 0.406. The van der Waals surface area contributed by atoms with Crippen LogP contribution in [-0.4, -0.2) is 39.7 Å². The first-order valence-electron chi connectivity index (χ1n) is 13.8. The molecule has 1 aliphatic carbocycles. The maximum absolute atomic E-state index is 9.61. The molecule has 1 unspecified atom stereocenters. The summed E-state index contributed by atoms with van der Waals surface area (Å²) in [5, 5.41) is 17.6. The van der Waals surface area contributed by atoms with Gasteiger partial charge in [0.05, 0.1) is 23.2 Å². The molecule has 0 spiro atoms. The number of hydrogen-bond acceptors (Lipinski definition) is 4. The third kappa shape index (κ3) is 4.04. The lowest BCUT2D eigenvalue weighted by Gasteiger charge is -2.25. The van der Waals surface area contributed by atoms with Crippen molar-refractivity contribution < 1.29 is 0 Å². The molecule has 188 valence electrons. The zero-order chi connectivity index (χ0) is 25.6. The summed E-state index contributed by atoms with van der Waals surface area (Å²) in [7, 11) is 0. The minimum absolute atomic E-state index is 0.0115. The monoisotopic (exact) mass is 489 g/mol. The van der Waals surface area contributed by atoms with E-state index in [1.54, 1.807) is 0 Å². The molecule has 6 rings (SSSR count). The molecule has 2 aromatic heterocycles. The average molecular weight is 490 g/mol. The molecule has 0 saturated carbocycles. The molecule has 1 fully saturated rings. The zero-order valence-electron chi connectivity index (χ0n) is 22.1. The standard InChI is InChI=1S/C32H35N5/c1-4-16-37-17-15-32(3,20-37)24-12-9-22(10-13-24)30-31-28(35-36-30)18-21(5-2)29(34-31)27-8-6-7-25-23(19-33)11-14-26(25)27/h6-10,12-13,18,23H,4-5,11,14-17,20H2,1-3H3,(H,35,36)/t23?,32-/m1/s1. The molecule has 2 atom stereocenters. The van der Waals surface area contributed by atoms with Crippen molar-refractivity contribution in [1.82, 2.24) is 20.1 Å². The van der Waals surface area contributed by atoms with Gasteiger partial charge >= 0.3 is 0 Å². The molecule has 1 N–H and O–H groups in total. The largest absolute Gasteiger partial charge is 0.302 e. The number of pyridine rings is 1. The van der Waals surface area contributed by atoms with E-state index in [2.05, 4.69) is 85.4 Å². The summed E-state index contributed by atoms with van der Waals surface area (Å²) in [6, 6.07) is 20.1. The molecule has 5 heteroatoms. The number of aromatic nitrogens is 3. The smallest absolute Gasteiger partial charge is 0.118 e. The van der Waals surface area contributed by atoms with Gasteiger partial charge in [0.15, 0.2) is 0 Å². The Kier molecular flexibility index (Phi) is 6.09. The van der Waals surface area contributed by atoms with Crippen LogP contribution < -0.4 is 0 Å². The lowest BCUT2D eigenvalue weighted by Crippen LogP contribution is -2.28. The predicted octanol–water partition coefficient (Wildman–Crippen LogP) is 6.78. The molecule has 0 amide bonds. The highest BCUT2D eigenvalue weighted by molar-refractivity contribution is 5.92. The predicted molar refractivity (Wildman–Crippen MR) is 150 cm³/mol. The molecule has 3 heterocycles. The molecule has 2 aromatic carbocycles. The highest BCUT2D eigenvalue weighted by Gasteiger charge is 2.35. The average Bonchev–Trinajstić information content (AvgIpc) is 3.65. The second kappa shape index (κ2) is 9.43. The first kappa shape index (κ1) is 23.9. The molecular formula is C32H35N5. The number of aromatic amines is 1. The SMILES string of the molecule is CCCN1CC[C@@](C)(c2ccc(-c3n[nH]c4cc(CC)c(-c5cccc6c5CCC6C#N)nc34)cc2)C1. The van der Waals surface area contributed by atoms with Crippen LogP contribution in [0.25, 0.3) is 33.5 Å². The maximum Gasteiger partial charge on any atom is 0.118 e. The Morgan fingerprint density at radius 2 is 1.97 bits per heavy atom. The molecule has 37 heavy (non-hydrogen) atoms. The van der Waals surface area contributed by atoms with Crippen LogP contribution in [-0.2, 0) is 18.3 Å². The Morgan fingerprint density at radius 1 is 1.14 bits per heavy atom. The van der Waals surface area contributed by atoms with Gasteiger partial charge in [0.1, 0.15) is 11.2 Å². The van der Waals surface area contributed by atoms with Gasteiger partial charge < -0.3 is 4.90 Å². The number of likely N-dealkylation sites (tertiary alicyclic amines) is 1. The molecule has 2 aliphatic rings. The van der Waals surface area contributed by atoms with Crippen molar-refractivity contribution >= 4 is 11.0 Å². The number of nitrogens with one attached hydrogen (secondary N) is 1. The van der Waals surface area contributed by atoms with E-state index >= 15 is 0 Å². The van der Waals surface area contributed by atoms with Gasteiger partial charge in [-0.25, -0.2) is 4.98 Å². The topological polar surface area (TPSA) is 68.6 Å². The fourth-order valence-electron chi connectivity index (χ4n) is 6.53. The molecule has 1 aliphatic heterocycles. The van der Waals surface area contributed by atoms with Crippen molar-refractivity contribution in [1.29, 1.82) is 5.26 Å². The number of nitrogens with zero attached hydrogens (tertiary/aromatic N) is 4. The van der Waals surface area contributed by atoms with Gasteiger partial charge in [-0.3, -0.25) is 5.10 Å². The van der Waals surface area contributed by atoms with E-state index in [0.717, 1.165) is 53.8 Å². The van der Waals surface area contributed by atoms with Gasteiger partial charge in [-0.2, -0.15) is 10.4 Å². The Balaban J connectivity index is 1.39. The summed E-state index contributed by atoms with van der Waals surface area (Å²) >= 11 is 0. The van der Waals surface area contributed by atoms with Crippen LogP contribution in [0.1, 0.15) is 68.2 Å². The van der Waals surface area contributed by atoms with Crippen molar-refractivity contribution in [2.45, 2.75) is 64.2 Å². The third-order valence-electron chi connectivity index (χ3n) is 8.62. The Hall–Kier alpha value is -3.49. The number of rotatable bonds is 6. The number of benzene rings is 2. The highest BCUT2D eigenvalue weighted by atomic mass is 15.2. The zero-order valence-corrected chi connectivity index (χ0v) is 22.1. The second-order valence-corrected chi connectivity index (χ2v) is 11.1. The molecule has 0 radical (unpaired) electrons. The Morgan fingerprint density at radius 3 is 2.73 bits per heavy atom. The summed E-state index contributed by atoms with van der Waals surface area (Å²) in [4.78, 5) is 7.83. The van der Waals surface area contributed by atoms with Crippen molar-refractivity contribution in [3.8, 4) is 28.6 Å². The van der Waals surface area contributed by atoms with Crippen LogP contribution in [0.4, 0.5) is 0 Å². The van der Waals surface area contributed by atoms with Crippen LogP contribution in [0, 0.1) is 11.3 Å². The quantitative estimate of drug-likeness (QED) is 0.324. The first-order valence-corrected chi connectivity index (χ1v) is 13.8. The van der Waals surface area contributed by atoms with Crippen LogP contribution in [0.5, 0.6) is 0 Å². The minimum Gasteiger partial charge on any atom is -0.302 e. The van der Waals surface area contributed by atoms with E-state index in [4.69, 9.17) is 10.1 Å². The summed E-state index contributed by atoms with van der Waals surface area (Å²) in [5.41, 5.74) is 11.3. The van der Waals surface area contributed by atoms with Gasteiger partial charge in [0.25, 0.3) is 0 Å². The normalized spacial score (nSPS) is 21.4. The molecule has 5 nitrogen and oxygen atoms in total. The van der Waals surface area contributed by atoms with E-state index in [1.807, 2.05) is 0 Å². The fourth-order valence-corrected chi connectivity index (χ4v) is 6.53. The van der Waals surface area contributed by atoms with Gasteiger partial charge in [-0.15, -0.1) is 0 Å². The minimum atomic E-state index is -0.0115. The van der Waals surface area contributed by atoms with Gasteiger partial charge in [-0.1, -0.05) is 63.2 Å². The number of hydrogen-bond donors (Lipinski definition) is 1. The van der Waals surface area contributed by atoms with E-state index in [1.165, 1.54) is 53.7 Å². The Bertz CT molecular complexity index is 1490. The first-order chi connectivity index (χ1) is 18.0. The van der Waals surface area contributed by atoms with Gasteiger partial charge in [-0.05, 0) is 73.5 Å². The van der Waals surface area contributed by atoms with Crippen LogP contribution >= 0.6 is 0 Å². The van der Waals surface area contributed by atoms with Crippen molar-refractivity contribution in [3.63, 3.8) is 0 Å². The molecule has 0 bridgehead atoms. The van der Waals surface area contributed by atoms with Crippen LogP contribution in [0.2, 0.25) is 0 Å². The molecule has 4 aromatic rings. The lowest BCUT2D eigenvalue weighted by molar-refractivity contribution is 0.317. The van der Waals surface area contributed by atoms with Crippen molar-refractivity contribution in [2.75, 3.05) is 19.6 Å². The van der Waals surface area contributed by atoms with E-state index in [-0.39, 0.29) is 11.3 Å². The van der Waals surface area contributed by atoms with Crippen LogP contribution in [0.3, 0.4) is 0 Å². The van der Waals surface area contributed by atoms with E-state index in [0.29, 0.717) is 0 Å². The third-order valence-corrected chi connectivity index (χ3v) is 8.62. The number of fused-ring (bicyclic) bond motifs is 2. The van der Waals surface area contributed by atoms with Crippen LogP contribution in [0.15, 0.2) is 48.5 Å². The summed E-state index contributed by atoms with van der Waals surface area (Å²) in [6.45, 7) is 10.3.